The Labute approximate surface area is 158 Å². The quantitative estimate of drug-likeness (QED) is 0.718. The average Bonchev–Trinajstić information content (AvgIpc) is 3.15. The molecule has 0 N–H and O–H groups in total. The lowest BCUT2D eigenvalue weighted by Gasteiger charge is -2.26. The lowest BCUT2D eigenvalue weighted by Crippen LogP contribution is -2.36. The molecule has 0 atom stereocenters. The first kappa shape index (κ1) is 15.8. The van der Waals surface area contributed by atoms with E-state index in [-0.39, 0.29) is 0 Å². The summed E-state index contributed by atoms with van der Waals surface area (Å²) in [5.41, 5.74) is 3.13. The van der Waals surface area contributed by atoms with Gasteiger partial charge in [0.2, 0.25) is 5.96 Å². The van der Waals surface area contributed by atoms with E-state index in [4.69, 9.17) is 4.99 Å². The molecule has 1 aromatic heterocycles. The lowest BCUT2D eigenvalue weighted by molar-refractivity contribution is 0.507. The smallest absolute Gasteiger partial charge is 0.210 e. The summed E-state index contributed by atoms with van der Waals surface area (Å²) in [5, 5.41) is 2.62. The van der Waals surface area contributed by atoms with Gasteiger partial charge in [-0.25, -0.2) is 15.0 Å². The highest BCUT2D eigenvalue weighted by atomic mass is 15.4. The van der Waals surface area contributed by atoms with Gasteiger partial charge >= 0.3 is 0 Å². The van der Waals surface area contributed by atoms with Crippen molar-refractivity contribution in [2.24, 2.45) is 4.99 Å². The van der Waals surface area contributed by atoms with Crippen LogP contribution in [-0.2, 0) is 6.42 Å². The highest BCUT2D eigenvalue weighted by Gasteiger charge is 2.24. The van der Waals surface area contributed by atoms with E-state index in [9.17, 15) is 0 Å². The second-order valence-electron chi connectivity index (χ2n) is 6.63. The van der Waals surface area contributed by atoms with Gasteiger partial charge in [-0.2, -0.15) is 0 Å². The average molecular weight is 353 g/mol. The van der Waals surface area contributed by atoms with E-state index in [1.165, 1.54) is 16.3 Å². The molecular weight excluding hydrogens is 334 g/mol. The van der Waals surface area contributed by atoms with Crippen molar-refractivity contribution in [2.45, 2.75) is 6.42 Å². The first-order valence-corrected chi connectivity index (χ1v) is 9.12. The summed E-state index contributed by atoms with van der Waals surface area (Å²) < 4.78 is 0. The molecule has 0 spiro atoms. The van der Waals surface area contributed by atoms with Crippen molar-refractivity contribution in [3.8, 4) is 0 Å². The third-order valence-corrected chi connectivity index (χ3v) is 4.99. The number of aromatic nitrogens is 2. The maximum atomic E-state index is 4.85. The molecule has 2 aliphatic rings. The summed E-state index contributed by atoms with van der Waals surface area (Å²) in [6.07, 6.45) is 10.6. The van der Waals surface area contributed by atoms with Crippen molar-refractivity contribution in [1.29, 1.82) is 0 Å². The number of rotatable bonds is 4. The molecule has 5 nitrogen and oxygen atoms in total. The molecule has 5 rings (SSSR count). The molecule has 0 radical (unpaired) electrons. The van der Waals surface area contributed by atoms with Gasteiger partial charge in [-0.3, -0.25) is 0 Å². The van der Waals surface area contributed by atoms with Crippen LogP contribution in [0.3, 0.4) is 0 Å². The largest absolute Gasteiger partial charge is 0.317 e. The third-order valence-electron chi connectivity index (χ3n) is 4.99. The first-order valence-electron chi connectivity index (χ1n) is 9.12. The molecule has 0 amide bonds. The van der Waals surface area contributed by atoms with Gasteiger partial charge in [0.05, 0.1) is 11.4 Å². The first-order chi connectivity index (χ1) is 13.4. The minimum absolute atomic E-state index is 0.805. The third kappa shape index (κ3) is 2.97. The number of hydrogen-bond donors (Lipinski definition) is 0. The summed E-state index contributed by atoms with van der Waals surface area (Å²) in [6.45, 7) is 1.69. The molecule has 0 saturated carbocycles. The van der Waals surface area contributed by atoms with Gasteiger partial charge in [-0.1, -0.05) is 42.5 Å². The predicted molar refractivity (Wildman–Crippen MR) is 108 cm³/mol. The fraction of sp³-hybridized carbons (Fsp3) is 0.136. The molecule has 5 heteroatoms. The highest BCUT2D eigenvalue weighted by Crippen LogP contribution is 2.24. The van der Waals surface area contributed by atoms with Crippen LogP contribution in [0, 0.1) is 0 Å². The summed E-state index contributed by atoms with van der Waals surface area (Å²) >= 11 is 0. The molecule has 27 heavy (non-hydrogen) atoms. The van der Waals surface area contributed by atoms with Crippen LogP contribution in [0.15, 0.2) is 84.5 Å². The fourth-order valence-corrected chi connectivity index (χ4v) is 3.60. The van der Waals surface area contributed by atoms with Crippen molar-refractivity contribution in [3.63, 3.8) is 0 Å². The van der Waals surface area contributed by atoms with Gasteiger partial charge < -0.3 is 9.80 Å². The Kier molecular flexibility index (Phi) is 3.90. The molecule has 0 aliphatic carbocycles. The Bertz CT molecular complexity index is 1060. The SMILES string of the molecule is C1=CN(CCc2cccc3ccccc23)C2=NC(c3ccncn3)=CCN12. The summed E-state index contributed by atoms with van der Waals surface area (Å²) in [4.78, 5) is 17.5. The number of aliphatic imine (C=N–C) groups is 1. The summed E-state index contributed by atoms with van der Waals surface area (Å²) in [6, 6.07) is 17.0. The van der Waals surface area contributed by atoms with E-state index < -0.39 is 0 Å². The lowest BCUT2D eigenvalue weighted by atomic mass is 10.0. The predicted octanol–water partition coefficient (Wildman–Crippen LogP) is 3.67. The Balaban J connectivity index is 1.37. The van der Waals surface area contributed by atoms with E-state index in [0.29, 0.717) is 0 Å². The molecule has 0 saturated heterocycles. The van der Waals surface area contributed by atoms with Crippen LogP contribution in [0.2, 0.25) is 0 Å². The van der Waals surface area contributed by atoms with Crippen LogP contribution in [-0.4, -0.2) is 38.8 Å². The van der Waals surface area contributed by atoms with Crippen LogP contribution in [0.25, 0.3) is 16.5 Å². The Morgan fingerprint density at radius 2 is 1.89 bits per heavy atom. The Hall–Kier alpha value is -3.47. The molecule has 0 unspecified atom stereocenters. The van der Waals surface area contributed by atoms with E-state index in [2.05, 4.69) is 80.7 Å². The molecule has 3 heterocycles. The normalized spacial score (nSPS) is 15.7. The number of guanidine groups is 1. The Morgan fingerprint density at radius 3 is 2.81 bits per heavy atom. The van der Waals surface area contributed by atoms with Crippen LogP contribution < -0.4 is 0 Å². The fourth-order valence-electron chi connectivity index (χ4n) is 3.60. The zero-order valence-electron chi connectivity index (χ0n) is 14.9. The van der Waals surface area contributed by atoms with Gasteiger partial charge in [-0.15, -0.1) is 0 Å². The number of hydrogen-bond acceptors (Lipinski definition) is 5. The van der Waals surface area contributed by atoms with E-state index in [1.807, 2.05) is 6.07 Å². The van der Waals surface area contributed by atoms with Gasteiger partial charge in [-0.05, 0) is 34.9 Å². The van der Waals surface area contributed by atoms with Gasteiger partial charge in [0.1, 0.15) is 6.33 Å². The highest BCUT2D eigenvalue weighted by molar-refractivity contribution is 5.91. The second-order valence-corrected chi connectivity index (χ2v) is 6.63. The monoisotopic (exact) mass is 353 g/mol. The number of nitrogens with zero attached hydrogens (tertiary/aromatic N) is 5. The topological polar surface area (TPSA) is 44.6 Å². The van der Waals surface area contributed by atoms with Crippen LogP contribution >= 0.6 is 0 Å². The summed E-state index contributed by atoms with van der Waals surface area (Å²) in [7, 11) is 0. The molecule has 132 valence electrons. The molecule has 2 aromatic carbocycles. The van der Waals surface area contributed by atoms with Gasteiger partial charge in [0, 0.05) is 31.7 Å². The number of fused-ring (bicyclic) bond motifs is 2. The van der Waals surface area contributed by atoms with E-state index in [1.54, 1.807) is 12.5 Å². The van der Waals surface area contributed by atoms with Crippen molar-refractivity contribution in [3.05, 3.63) is 90.8 Å². The molecular formula is C22H19N5. The van der Waals surface area contributed by atoms with Crippen molar-refractivity contribution < 1.29 is 0 Å². The summed E-state index contributed by atoms with van der Waals surface area (Å²) in [5.74, 6) is 0.964. The molecule has 3 aromatic rings. The van der Waals surface area contributed by atoms with Crippen molar-refractivity contribution in [1.82, 2.24) is 19.8 Å². The maximum Gasteiger partial charge on any atom is 0.210 e. The minimum atomic E-state index is 0.805. The standard InChI is InChI=1S/C22H19N5/c1-2-7-19-17(4-1)5-3-6-18(19)9-12-26-14-15-27-13-10-21(25-22(26)27)20-8-11-23-16-24-20/h1-8,10-11,14-16H,9,12-13H2. The van der Waals surface area contributed by atoms with Crippen molar-refractivity contribution >= 4 is 22.4 Å². The minimum Gasteiger partial charge on any atom is -0.317 e. The zero-order chi connectivity index (χ0) is 18.1. The zero-order valence-corrected chi connectivity index (χ0v) is 14.9. The van der Waals surface area contributed by atoms with Gasteiger partial charge in [0.15, 0.2) is 0 Å². The van der Waals surface area contributed by atoms with E-state index >= 15 is 0 Å². The molecule has 2 aliphatic heterocycles. The van der Waals surface area contributed by atoms with Crippen LogP contribution in [0.5, 0.6) is 0 Å². The van der Waals surface area contributed by atoms with Crippen LogP contribution in [0.1, 0.15) is 11.3 Å². The van der Waals surface area contributed by atoms with Crippen molar-refractivity contribution in [2.75, 3.05) is 13.1 Å². The second kappa shape index (κ2) is 6.68. The Morgan fingerprint density at radius 1 is 0.963 bits per heavy atom. The number of benzene rings is 2. The van der Waals surface area contributed by atoms with Crippen LogP contribution in [0.4, 0.5) is 0 Å². The van der Waals surface area contributed by atoms with E-state index in [0.717, 1.165) is 36.9 Å². The van der Waals surface area contributed by atoms with Gasteiger partial charge in [0.25, 0.3) is 0 Å². The molecule has 0 fully saturated rings. The molecule has 0 bridgehead atoms. The maximum absolute atomic E-state index is 4.85.